The van der Waals surface area contributed by atoms with Crippen molar-refractivity contribution in [2.24, 2.45) is 0 Å². The molecular weight excluding hydrogens is 874 g/mol. The number of hydrogen-bond donors (Lipinski definition) is 3. The fourth-order valence-corrected chi connectivity index (χ4v) is 10.0. The Balaban J connectivity index is 1.06. The standard InChI is InChI=1S/C45H47F3N6O10S/c1-43(21-22-43)65(59,60)53-41(57)44-24-27(44)11-5-3-2-4-6-15-32(49-42(58)62-28-12-7-8-13-28)40(56)54-25-30(23-33(54)38(55)52-44)61-39-36-35(31-14-9-10-16-34(31)63-36)50-37(51-39)26-17-19-29(20-18-26)64-45(46,47)48/h5,9-10,14,16-20,28,30,32-33H,2-4,6-8,12-13,15,21-25H2,1H3,(H,49,58)(H,52,55)(H,53,57)/t11?,30-,32+,33+,44-/m1/s1. The Morgan fingerprint density at radius 1 is 0.969 bits per heavy atom. The normalized spacial score (nSPS) is 24.8. The smallest absolute Gasteiger partial charge is 0.470 e. The topological polar surface area (TPSA) is 208 Å². The van der Waals surface area contributed by atoms with Crippen molar-refractivity contribution in [1.82, 2.24) is 30.2 Å². The number of carbonyl (C=O) groups excluding carboxylic acids is 4. The van der Waals surface area contributed by atoms with E-state index in [4.69, 9.17) is 18.9 Å². The molecule has 2 aromatic carbocycles. The fraction of sp³-hybridized carbons (Fsp3) is 0.489. The van der Waals surface area contributed by atoms with Crippen LogP contribution in [0.15, 0.2) is 70.3 Å². The predicted octanol–water partition coefficient (Wildman–Crippen LogP) is 6.63. The van der Waals surface area contributed by atoms with Crippen molar-refractivity contribution in [3.63, 3.8) is 0 Å². The first-order valence-corrected chi connectivity index (χ1v) is 23.3. The molecule has 4 aromatic rings. The first-order chi connectivity index (χ1) is 31.0. The fourth-order valence-electron chi connectivity index (χ4n) is 8.73. The second kappa shape index (κ2) is 17.0. The number of benzene rings is 2. The summed E-state index contributed by atoms with van der Waals surface area (Å²) in [5.74, 6) is -2.77. The van der Waals surface area contributed by atoms with Crippen LogP contribution in [0.5, 0.6) is 11.6 Å². The Hall–Kier alpha value is -6.14. The van der Waals surface area contributed by atoms with E-state index in [1.807, 2.05) is 0 Å². The minimum atomic E-state index is -4.90. The van der Waals surface area contributed by atoms with Crippen molar-refractivity contribution in [2.45, 2.75) is 131 Å². The minimum absolute atomic E-state index is 0.0118. The number of alkyl carbamates (subject to hydrolysis) is 1. The van der Waals surface area contributed by atoms with Crippen molar-refractivity contribution in [3.05, 3.63) is 65.9 Å². The Kier molecular flexibility index (Phi) is 11.5. The highest BCUT2D eigenvalue weighted by molar-refractivity contribution is 7.91. The van der Waals surface area contributed by atoms with Crippen LogP contribution in [0.4, 0.5) is 18.0 Å². The van der Waals surface area contributed by atoms with Crippen molar-refractivity contribution in [3.8, 4) is 23.0 Å². The Morgan fingerprint density at radius 3 is 2.45 bits per heavy atom. The molecular formula is C45H47F3N6O10S. The van der Waals surface area contributed by atoms with Gasteiger partial charge in [0.25, 0.3) is 11.8 Å². The quantitative estimate of drug-likeness (QED) is 0.151. The number of hydrogen-bond acceptors (Lipinski definition) is 12. The molecule has 9 rings (SSSR count). The van der Waals surface area contributed by atoms with Crippen molar-refractivity contribution < 1.29 is 59.4 Å². The lowest BCUT2D eigenvalue weighted by atomic mass is 10.1. The number of ether oxygens (including phenoxy) is 3. The summed E-state index contributed by atoms with van der Waals surface area (Å²) in [7, 11) is -4.10. The lowest BCUT2D eigenvalue weighted by molar-refractivity contribution is -0.274. The third kappa shape index (κ3) is 9.23. The van der Waals surface area contributed by atoms with Gasteiger partial charge in [-0.25, -0.2) is 18.2 Å². The number of rotatable bonds is 9. The van der Waals surface area contributed by atoms with Gasteiger partial charge < -0.3 is 34.2 Å². The van der Waals surface area contributed by atoms with E-state index in [0.717, 1.165) is 25.0 Å². The number of amides is 4. The number of aromatic nitrogens is 2. The zero-order valence-electron chi connectivity index (χ0n) is 35.4. The van der Waals surface area contributed by atoms with E-state index in [2.05, 4.69) is 30.8 Å². The molecule has 0 unspecified atom stereocenters. The molecule has 0 bridgehead atoms. The number of fused-ring (bicyclic) bond motifs is 5. The molecule has 16 nitrogen and oxygen atoms in total. The van der Waals surface area contributed by atoms with Gasteiger partial charge in [-0.2, -0.15) is 4.98 Å². The van der Waals surface area contributed by atoms with Gasteiger partial charge in [0.15, 0.2) is 11.4 Å². The van der Waals surface area contributed by atoms with Gasteiger partial charge in [0.1, 0.15) is 41.1 Å². The van der Waals surface area contributed by atoms with Crippen LogP contribution in [0.1, 0.15) is 90.4 Å². The monoisotopic (exact) mass is 920 g/mol. The average molecular weight is 921 g/mol. The van der Waals surface area contributed by atoms with E-state index < -0.39 is 74.4 Å². The number of halogens is 3. The summed E-state index contributed by atoms with van der Waals surface area (Å²) in [5, 5.41) is 6.14. The van der Waals surface area contributed by atoms with E-state index in [-0.39, 0.29) is 49.2 Å². The molecule has 2 aliphatic heterocycles. The van der Waals surface area contributed by atoms with Crippen LogP contribution in [0.3, 0.4) is 0 Å². The van der Waals surface area contributed by atoms with Gasteiger partial charge in [-0.1, -0.05) is 25.0 Å². The average Bonchev–Trinajstić information content (AvgIpc) is 3.92. The van der Waals surface area contributed by atoms with E-state index >= 15 is 0 Å². The number of sulfonamides is 1. The van der Waals surface area contributed by atoms with Gasteiger partial charge in [-0.3, -0.25) is 19.1 Å². The molecule has 4 atom stereocenters. The number of furan rings is 1. The summed E-state index contributed by atoms with van der Waals surface area (Å²) in [6, 6.07) is 9.55. The number of nitrogens with one attached hydrogen (secondary N) is 3. The maximum Gasteiger partial charge on any atom is 0.573 e. The summed E-state index contributed by atoms with van der Waals surface area (Å²) in [6.07, 6.45) is 1.38. The second-order valence-corrected chi connectivity index (χ2v) is 19.8. The van der Waals surface area contributed by atoms with Crippen LogP contribution in [0, 0.1) is 0 Å². The van der Waals surface area contributed by atoms with Crippen LogP contribution < -0.4 is 24.8 Å². The van der Waals surface area contributed by atoms with E-state index in [0.29, 0.717) is 79.0 Å². The zero-order valence-corrected chi connectivity index (χ0v) is 36.2. The maximum absolute atomic E-state index is 14.8. The summed E-state index contributed by atoms with van der Waals surface area (Å²) < 4.78 is 88.9. The molecule has 3 saturated carbocycles. The van der Waals surface area contributed by atoms with Crippen LogP contribution in [0.2, 0.25) is 0 Å². The molecule has 5 aliphatic rings. The molecule has 4 heterocycles. The third-order valence-electron chi connectivity index (χ3n) is 12.8. The zero-order chi connectivity index (χ0) is 45.7. The van der Waals surface area contributed by atoms with Gasteiger partial charge >= 0.3 is 12.5 Å². The Labute approximate surface area is 371 Å². The molecule has 20 heteroatoms. The van der Waals surface area contributed by atoms with Gasteiger partial charge in [0.2, 0.25) is 27.4 Å². The summed E-state index contributed by atoms with van der Waals surface area (Å²) in [5.41, 5.74) is 2.93. The van der Waals surface area contributed by atoms with Crippen molar-refractivity contribution in [1.29, 1.82) is 0 Å². The van der Waals surface area contributed by atoms with Crippen LogP contribution >= 0.6 is 0 Å². The van der Waals surface area contributed by atoms with Gasteiger partial charge in [0.05, 0.1) is 11.3 Å². The van der Waals surface area contributed by atoms with Gasteiger partial charge in [-0.05, 0) is 107 Å². The van der Waals surface area contributed by atoms with Gasteiger partial charge in [-0.15, -0.1) is 18.9 Å². The molecule has 2 aromatic heterocycles. The number of para-hydroxylation sites is 1. The second-order valence-electron chi connectivity index (χ2n) is 17.6. The van der Waals surface area contributed by atoms with Crippen molar-refractivity contribution >= 4 is 55.9 Å². The SMILES string of the molecule is CC1(S(=O)(=O)NC(=O)[C@@]23CC2=C=CCCCCC[C@H](NC(=O)OC2CCCC2)C(=O)N2C[C@H](Oc4nc(-c5ccc(OC(F)(F)F)cc5)nc5c4oc4ccccc45)C[C@H]2C(=O)N3)CC1. The van der Waals surface area contributed by atoms with E-state index in [1.165, 1.54) is 24.0 Å². The number of alkyl halides is 3. The third-order valence-corrected chi connectivity index (χ3v) is 15.0. The summed E-state index contributed by atoms with van der Waals surface area (Å²) >= 11 is 0. The molecule has 3 N–H and O–H groups in total. The highest BCUT2D eigenvalue weighted by atomic mass is 32.2. The first kappa shape index (κ1) is 44.1. The lowest BCUT2D eigenvalue weighted by Gasteiger charge is -2.29. The Morgan fingerprint density at radius 2 is 1.71 bits per heavy atom. The molecule has 4 amide bonds. The Bertz CT molecular complexity index is 2730. The van der Waals surface area contributed by atoms with E-state index in [9.17, 15) is 40.8 Å². The number of carbonyl (C=O) groups is 4. The molecule has 0 radical (unpaired) electrons. The summed E-state index contributed by atoms with van der Waals surface area (Å²) in [6.45, 7) is 1.34. The molecule has 65 heavy (non-hydrogen) atoms. The van der Waals surface area contributed by atoms with Crippen LogP contribution in [-0.4, -0.2) is 94.6 Å². The highest BCUT2D eigenvalue weighted by Crippen LogP contribution is 2.46. The molecule has 0 spiro atoms. The van der Waals surface area contributed by atoms with E-state index in [1.54, 1.807) is 30.3 Å². The van der Waals surface area contributed by atoms with Crippen LogP contribution in [-0.2, 0) is 29.1 Å². The van der Waals surface area contributed by atoms with Crippen molar-refractivity contribution in [2.75, 3.05) is 6.54 Å². The molecule has 1 saturated heterocycles. The lowest BCUT2D eigenvalue weighted by Crippen LogP contribution is -2.58. The minimum Gasteiger partial charge on any atom is -0.470 e. The number of nitrogens with zero attached hydrogens (tertiary/aromatic N) is 3. The molecule has 3 aliphatic carbocycles. The largest absolute Gasteiger partial charge is 0.573 e. The molecule has 344 valence electrons. The highest BCUT2D eigenvalue weighted by Gasteiger charge is 2.61. The molecule has 4 fully saturated rings. The first-order valence-electron chi connectivity index (χ1n) is 21.8. The van der Waals surface area contributed by atoms with Crippen LogP contribution in [0.25, 0.3) is 33.5 Å². The summed E-state index contributed by atoms with van der Waals surface area (Å²) in [4.78, 5) is 67.3. The van der Waals surface area contributed by atoms with Gasteiger partial charge in [0, 0.05) is 29.4 Å². The maximum atomic E-state index is 14.8. The predicted molar refractivity (Wildman–Crippen MR) is 226 cm³/mol.